The van der Waals surface area contributed by atoms with Gasteiger partial charge >= 0.3 is 5.97 Å². The van der Waals surface area contributed by atoms with Gasteiger partial charge in [-0.2, -0.15) is 12.6 Å². The molecule has 212 valence electrons. The van der Waals surface area contributed by atoms with Gasteiger partial charge in [0.1, 0.15) is 18.1 Å². The topological polar surface area (TPSA) is 209 Å². The van der Waals surface area contributed by atoms with Gasteiger partial charge in [-0.15, -0.1) is 0 Å². The van der Waals surface area contributed by atoms with Crippen molar-refractivity contribution in [3.8, 4) is 0 Å². The molecule has 3 aromatic rings. The lowest BCUT2D eigenvalue weighted by atomic mass is 10.0. The first-order valence-electron chi connectivity index (χ1n) is 12.5. The zero-order valence-corrected chi connectivity index (χ0v) is 22.4. The normalized spacial score (nSPS) is 13.9. The Morgan fingerprint density at radius 2 is 1.43 bits per heavy atom. The minimum Gasteiger partial charge on any atom is -0.480 e. The maximum Gasteiger partial charge on any atom is 0.326 e. The van der Waals surface area contributed by atoms with Gasteiger partial charge in [-0.25, -0.2) is 4.79 Å². The van der Waals surface area contributed by atoms with E-state index >= 15 is 0 Å². The highest BCUT2D eigenvalue weighted by Crippen LogP contribution is 2.19. The van der Waals surface area contributed by atoms with E-state index in [0.717, 1.165) is 10.9 Å². The molecular weight excluding hydrogens is 536 g/mol. The molecule has 4 unspecified atom stereocenters. The molecule has 0 aliphatic rings. The highest BCUT2D eigenvalue weighted by molar-refractivity contribution is 7.80. The minimum absolute atomic E-state index is 0.00274. The molecular formula is C27H32N6O6S. The molecule has 9 N–H and O–H groups in total. The number of aromatic nitrogens is 1. The minimum atomic E-state index is -1.28. The van der Waals surface area contributed by atoms with Crippen molar-refractivity contribution in [1.29, 1.82) is 0 Å². The van der Waals surface area contributed by atoms with Crippen molar-refractivity contribution in [2.45, 2.75) is 43.4 Å². The second-order valence-corrected chi connectivity index (χ2v) is 9.60. The van der Waals surface area contributed by atoms with E-state index in [1.165, 1.54) is 0 Å². The molecule has 0 spiro atoms. The van der Waals surface area contributed by atoms with E-state index in [-0.39, 0.29) is 18.6 Å². The fraction of sp³-hybridized carbons (Fsp3) is 0.296. The summed E-state index contributed by atoms with van der Waals surface area (Å²) in [6.07, 6.45) is 1.33. The number of para-hydroxylation sites is 1. The summed E-state index contributed by atoms with van der Waals surface area (Å²) in [5, 5.41) is 18.1. The number of nitrogens with one attached hydrogen (secondary N) is 4. The van der Waals surface area contributed by atoms with Crippen LogP contribution in [0.15, 0.2) is 60.8 Å². The Balaban J connectivity index is 1.72. The van der Waals surface area contributed by atoms with E-state index in [1.807, 2.05) is 24.3 Å². The second-order valence-electron chi connectivity index (χ2n) is 9.23. The second kappa shape index (κ2) is 14.1. The maximum atomic E-state index is 13.2. The quantitative estimate of drug-likeness (QED) is 0.121. The number of benzene rings is 2. The molecule has 0 fully saturated rings. The van der Waals surface area contributed by atoms with Gasteiger partial charge in [-0.1, -0.05) is 48.5 Å². The number of rotatable bonds is 14. The summed E-state index contributed by atoms with van der Waals surface area (Å²) < 4.78 is 0. The van der Waals surface area contributed by atoms with Gasteiger partial charge < -0.3 is 37.5 Å². The number of primary amides is 1. The van der Waals surface area contributed by atoms with E-state index in [9.17, 15) is 29.1 Å². The summed E-state index contributed by atoms with van der Waals surface area (Å²) in [6, 6.07) is 11.2. The lowest BCUT2D eigenvalue weighted by Gasteiger charge is -2.24. The Kier molecular flexibility index (Phi) is 10.7. The number of carboxylic acids is 1. The van der Waals surface area contributed by atoms with Crippen LogP contribution >= 0.6 is 12.6 Å². The molecule has 0 saturated carbocycles. The van der Waals surface area contributed by atoms with Crippen LogP contribution in [0.25, 0.3) is 10.9 Å². The molecule has 4 amide bonds. The molecule has 0 bridgehead atoms. The van der Waals surface area contributed by atoms with Gasteiger partial charge in [0.05, 0.1) is 12.5 Å². The summed E-state index contributed by atoms with van der Waals surface area (Å²) in [7, 11) is 0. The van der Waals surface area contributed by atoms with Crippen molar-refractivity contribution < 1.29 is 29.1 Å². The number of fused-ring (bicyclic) bond motifs is 1. The monoisotopic (exact) mass is 568 g/mol. The maximum absolute atomic E-state index is 13.2. The van der Waals surface area contributed by atoms with Gasteiger partial charge in [0, 0.05) is 35.7 Å². The molecule has 0 radical (unpaired) electrons. The van der Waals surface area contributed by atoms with Crippen molar-refractivity contribution >= 4 is 53.1 Å². The van der Waals surface area contributed by atoms with Gasteiger partial charge in [0.25, 0.3) is 0 Å². The largest absolute Gasteiger partial charge is 0.480 e. The van der Waals surface area contributed by atoms with E-state index in [0.29, 0.717) is 11.1 Å². The number of carbonyl (C=O) groups is 5. The highest BCUT2D eigenvalue weighted by Gasteiger charge is 2.30. The van der Waals surface area contributed by atoms with Crippen molar-refractivity contribution in [2.24, 2.45) is 11.5 Å². The summed E-state index contributed by atoms with van der Waals surface area (Å²) in [6.45, 7) is 0. The average Bonchev–Trinajstić information content (AvgIpc) is 3.33. The molecule has 1 aromatic heterocycles. The molecule has 1 heterocycles. The average molecular weight is 569 g/mol. The molecule has 0 aliphatic carbocycles. The van der Waals surface area contributed by atoms with Crippen LogP contribution in [0.3, 0.4) is 0 Å². The van der Waals surface area contributed by atoms with Crippen molar-refractivity contribution in [3.05, 3.63) is 71.9 Å². The molecule has 2 aromatic carbocycles. The third-order valence-corrected chi connectivity index (χ3v) is 6.57. The molecule has 12 nitrogen and oxygen atoms in total. The Morgan fingerprint density at radius 3 is 2.08 bits per heavy atom. The van der Waals surface area contributed by atoms with Crippen LogP contribution in [0.4, 0.5) is 0 Å². The third kappa shape index (κ3) is 8.32. The summed E-state index contributed by atoms with van der Waals surface area (Å²) in [5.74, 6) is -4.43. The zero-order chi connectivity index (χ0) is 29.2. The van der Waals surface area contributed by atoms with Crippen LogP contribution in [0.5, 0.6) is 0 Å². The number of hydrogen-bond donors (Lipinski definition) is 8. The van der Waals surface area contributed by atoms with Crippen molar-refractivity contribution in [3.63, 3.8) is 0 Å². The van der Waals surface area contributed by atoms with Gasteiger partial charge in [-0.05, 0) is 17.2 Å². The van der Waals surface area contributed by atoms with E-state index < -0.39 is 60.2 Å². The van der Waals surface area contributed by atoms with Crippen molar-refractivity contribution in [2.75, 3.05) is 5.75 Å². The van der Waals surface area contributed by atoms with Crippen LogP contribution in [-0.2, 0) is 36.8 Å². The van der Waals surface area contributed by atoms with Gasteiger partial charge in [0.2, 0.25) is 23.6 Å². The summed E-state index contributed by atoms with van der Waals surface area (Å²) >= 11 is 4.16. The van der Waals surface area contributed by atoms with Crippen LogP contribution in [0, 0.1) is 0 Å². The van der Waals surface area contributed by atoms with E-state index in [1.54, 1.807) is 36.5 Å². The predicted octanol–water partition coefficient (Wildman–Crippen LogP) is -0.375. The summed E-state index contributed by atoms with van der Waals surface area (Å²) in [4.78, 5) is 65.0. The van der Waals surface area contributed by atoms with E-state index in [2.05, 4.69) is 33.6 Å². The van der Waals surface area contributed by atoms with Crippen LogP contribution in [-0.4, -0.2) is 69.6 Å². The zero-order valence-electron chi connectivity index (χ0n) is 21.5. The molecule has 13 heteroatoms. The lowest BCUT2D eigenvalue weighted by Crippen LogP contribution is -2.58. The highest BCUT2D eigenvalue weighted by atomic mass is 32.1. The Hall–Kier alpha value is -4.36. The molecule has 3 rings (SSSR count). The number of aromatic amines is 1. The van der Waals surface area contributed by atoms with Crippen LogP contribution < -0.4 is 27.4 Å². The number of H-pyrrole nitrogens is 1. The number of hydrogen-bond acceptors (Lipinski definition) is 7. The molecule has 4 atom stereocenters. The smallest absolute Gasteiger partial charge is 0.326 e. The third-order valence-electron chi connectivity index (χ3n) is 6.20. The first-order chi connectivity index (χ1) is 19.1. The fourth-order valence-electron chi connectivity index (χ4n) is 4.11. The number of nitrogens with two attached hydrogens (primary N) is 2. The fourth-order valence-corrected chi connectivity index (χ4v) is 4.36. The molecule has 0 saturated heterocycles. The summed E-state index contributed by atoms with van der Waals surface area (Å²) in [5.41, 5.74) is 13.1. The standard InChI is InChI=1S/C27H32N6O6S/c28-18(12-23(29)34)24(35)31-20(10-15-6-2-1-3-7-15)25(36)33-22(14-40)26(37)32-21(27(38)39)11-16-13-30-19-9-5-4-8-17(16)19/h1-9,13,18,20-22,30,40H,10-12,14,28H2,(H2,29,34)(H,31,35)(H,32,37)(H,33,36)(H,38,39). The van der Waals surface area contributed by atoms with E-state index in [4.69, 9.17) is 11.5 Å². The number of thiol groups is 1. The number of carbonyl (C=O) groups excluding carboxylic acids is 4. The number of aliphatic carboxylic acids is 1. The molecule has 40 heavy (non-hydrogen) atoms. The van der Waals surface area contributed by atoms with Crippen molar-refractivity contribution in [1.82, 2.24) is 20.9 Å². The van der Waals surface area contributed by atoms with Gasteiger partial charge in [-0.3, -0.25) is 19.2 Å². The number of amides is 4. The first kappa shape index (κ1) is 30.2. The van der Waals surface area contributed by atoms with Crippen LogP contribution in [0.1, 0.15) is 17.5 Å². The molecule has 0 aliphatic heterocycles. The van der Waals surface area contributed by atoms with Crippen LogP contribution in [0.2, 0.25) is 0 Å². The predicted molar refractivity (Wildman–Crippen MR) is 151 cm³/mol. The lowest BCUT2D eigenvalue weighted by molar-refractivity contribution is -0.142. The number of carboxylic acid groups (broad SMARTS) is 1. The first-order valence-corrected chi connectivity index (χ1v) is 13.1. The Morgan fingerprint density at radius 1 is 0.825 bits per heavy atom. The van der Waals surface area contributed by atoms with Gasteiger partial charge in [0.15, 0.2) is 0 Å². The SMILES string of the molecule is NC(=O)CC(N)C(=O)NC(Cc1ccccc1)C(=O)NC(CS)C(=O)NC(Cc1c[nH]c2ccccc12)C(=O)O. The Labute approximate surface area is 235 Å². The Bertz CT molecular complexity index is 1360.